The second-order valence-corrected chi connectivity index (χ2v) is 6.67. The summed E-state index contributed by atoms with van der Waals surface area (Å²) in [6.45, 7) is 14.5. The molecule has 0 saturated carbocycles. The topological polar surface area (TPSA) is 41.6 Å². The van der Waals surface area contributed by atoms with Crippen molar-refractivity contribution in [3.8, 4) is 0 Å². The predicted octanol–water partition coefficient (Wildman–Crippen LogP) is 4.19. The number of nitrogens with zero attached hydrogens (tertiary/aromatic N) is 1. The van der Waals surface area contributed by atoms with Gasteiger partial charge in [-0.25, -0.2) is 4.79 Å². The van der Waals surface area contributed by atoms with E-state index in [2.05, 4.69) is 26.1 Å². The summed E-state index contributed by atoms with van der Waals surface area (Å²) in [5, 5.41) is 3.56. The first kappa shape index (κ1) is 20.2. The SMILES string of the molecule is CCCCC(CC)NCCN(CCC)C(=O)OC(C)(C)C. The van der Waals surface area contributed by atoms with Crippen LogP contribution in [0.5, 0.6) is 0 Å². The molecule has 0 aliphatic carbocycles. The van der Waals surface area contributed by atoms with Crippen LogP contribution in [0.15, 0.2) is 0 Å². The molecule has 0 heterocycles. The second kappa shape index (κ2) is 10.9. The van der Waals surface area contributed by atoms with Crippen LogP contribution in [0.2, 0.25) is 0 Å². The Morgan fingerprint density at radius 1 is 1.14 bits per heavy atom. The molecule has 0 aliphatic rings. The highest BCUT2D eigenvalue weighted by atomic mass is 16.6. The first-order valence-electron chi connectivity index (χ1n) is 8.55. The summed E-state index contributed by atoms with van der Waals surface area (Å²) in [6, 6.07) is 0.562. The molecule has 0 rings (SSSR count). The van der Waals surface area contributed by atoms with Gasteiger partial charge in [0.2, 0.25) is 0 Å². The highest BCUT2D eigenvalue weighted by Gasteiger charge is 2.21. The molecule has 126 valence electrons. The zero-order valence-electron chi connectivity index (χ0n) is 15.0. The Hall–Kier alpha value is -0.770. The molecule has 0 aromatic heterocycles. The molecular weight excluding hydrogens is 264 g/mol. The minimum Gasteiger partial charge on any atom is -0.444 e. The Kier molecular flexibility index (Phi) is 10.5. The zero-order valence-corrected chi connectivity index (χ0v) is 15.0. The standard InChI is InChI=1S/C17H36N2O2/c1-7-10-11-15(9-3)18-12-14-19(13-8-2)16(20)21-17(4,5)6/h15,18H,7-14H2,1-6H3. The lowest BCUT2D eigenvalue weighted by atomic mass is 10.1. The maximum atomic E-state index is 12.1. The van der Waals surface area contributed by atoms with Crippen molar-refractivity contribution >= 4 is 6.09 Å². The number of rotatable bonds is 10. The van der Waals surface area contributed by atoms with E-state index < -0.39 is 5.60 Å². The lowest BCUT2D eigenvalue weighted by molar-refractivity contribution is 0.0250. The van der Waals surface area contributed by atoms with E-state index >= 15 is 0 Å². The molecule has 0 spiro atoms. The number of amides is 1. The predicted molar refractivity (Wildman–Crippen MR) is 89.7 cm³/mol. The molecule has 0 radical (unpaired) electrons. The minimum atomic E-state index is -0.427. The van der Waals surface area contributed by atoms with Crippen LogP contribution in [0.1, 0.15) is 73.6 Å². The third-order valence-corrected chi connectivity index (χ3v) is 3.36. The molecule has 0 aromatic carbocycles. The van der Waals surface area contributed by atoms with Crippen molar-refractivity contribution in [1.82, 2.24) is 10.2 Å². The average molecular weight is 300 g/mol. The number of carbonyl (C=O) groups is 1. The number of hydrogen-bond donors (Lipinski definition) is 1. The summed E-state index contributed by atoms with van der Waals surface area (Å²) in [6.07, 6.45) is 5.60. The fraction of sp³-hybridized carbons (Fsp3) is 0.941. The molecule has 0 bridgehead atoms. The van der Waals surface area contributed by atoms with Crippen LogP contribution >= 0.6 is 0 Å². The van der Waals surface area contributed by atoms with E-state index in [0.717, 1.165) is 25.9 Å². The van der Waals surface area contributed by atoms with Gasteiger partial charge in [0.05, 0.1) is 0 Å². The van der Waals surface area contributed by atoms with Crippen molar-refractivity contribution in [2.24, 2.45) is 0 Å². The normalized spacial score (nSPS) is 13.0. The number of carbonyl (C=O) groups excluding carboxylic acids is 1. The quantitative estimate of drug-likeness (QED) is 0.657. The number of unbranched alkanes of at least 4 members (excludes halogenated alkanes) is 1. The van der Waals surface area contributed by atoms with Crippen molar-refractivity contribution in [3.05, 3.63) is 0 Å². The summed E-state index contributed by atoms with van der Waals surface area (Å²) in [5.41, 5.74) is -0.427. The van der Waals surface area contributed by atoms with Gasteiger partial charge in [-0.05, 0) is 40.0 Å². The molecule has 1 unspecified atom stereocenters. The van der Waals surface area contributed by atoms with E-state index in [4.69, 9.17) is 4.74 Å². The van der Waals surface area contributed by atoms with E-state index in [9.17, 15) is 4.79 Å². The fourth-order valence-electron chi connectivity index (χ4n) is 2.20. The van der Waals surface area contributed by atoms with E-state index in [-0.39, 0.29) is 6.09 Å². The van der Waals surface area contributed by atoms with Gasteiger partial charge < -0.3 is 15.0 Å². The maximum Gasteiger partial charge on any atom is 0.410 e. The molecule has 1 atom stereocenters. The first-order chi connectivity index (χ1) is 9.84. The van der Waals surface area contributed by atoms with Gasteiger partial charge in [-0.1, -0.05) is 33.6 Å². The van der Waals surface area contributed by atoms with Gasteiger partial charge in [0, 0.05) is 25.7 Å². The maximum absolute atomic E-state index is 12.1. The van der Waals surface area contributed by atoms with Gasteiger partial charge in [-0.3, -0.25) is 0 Å². The summed E-state index contributed by atoms with van der Waals surface area (Å²) >= 11 is 0. The Labute approximate surface area is 131 Å². The first-order valence-corrected chi connectivity index (χ1v) is 8.55. The lowest BCUT2D eigenvalue weighted by Gasteiger charge is -2.28. The highest BCUT2D eigenvalue weighted by Crippen LogP contribution is 2.10. The summed E-state index contributed by atoms with van der Waals surface area (Å²) in [7, 11) is 0. The summed E-state index contributed by atoms with van der Waals surface area (Å²) in [5.74, 6) is 0. The molecule has 0 fully saturated rings. The Bertz CT molecular complexity index is 274. The molecular formula is C17H36N2O2. The van der Waals surface area contributed by atoms with Crippen molar-refractivity contribution in [2.75, 3.05) is 19.6 Å². The van der Waals surface area contributed by atoms with Gasteiger partial charge in [0.15, 0.2) is 0 Å². The smallest absolute Gasteiger partial charge is 0.410 e. The molecule has 4 nitrogen and oxygen atoms in total. The van der Waals surface area contributed by atoms with Crippen molar-refractivity contribution in [1.29, 1.82) is 0 Å². The number of hydrogen-bond acceptors (Lipinski definition) is 3. The van der Waals surface area contributed by atoms with E-state index in [1.165, 1.54) is 19.3 Å². The number of ether oxygens (including phenoxy) is 1. The van der Waals surface area contributed by atoms with Crippen LogP contribution in [-0.4, -0.2) is 42.3 Å². The van der Waals surface area contributed by atoms with Gasteiger partial charge in [-0.15, -0.1) is 0 Å². The monoisotopic (exact) mass is 300 g/mol. The molecule has 4 heteroatoms. The van der Waals surface area contributed by atoms with Crippen LogP contribution in [-0.2, 0) is 4.74 Å². The third-order valence-electron chi connectivity index (χ3n) is 3.36. The van der Waals surface area contributed by atoms with Crippen LogP contribution in [0.25, 0.3) is 0 Å². The van der Waals surface area contributed by atoms with E-state index in [1.54, 1.807) is 0 Å². The Morgan fingerprint density at radius 2 is 1.81 bits per heavy atom. The lowest BCUT2D eigenvalue weighted by Crippen LogP contribution is -2.42. The van der Waals surface area contributed by atoms with Gasteiger partial charge >= 0.3 is 6.09 Å². The third kappa shape index (κ3) is 10.6. The molecule has 21 heavy (non-hydrogen) atoms. The highest BCUT2D eigenvalue weighted by molar-refractivity contribution is 5.68. The zero-order chi connectivity index (χ0) is 16.3. The van der Waals surface area contributed by atoms with Crippen molar-refractivity contribution < 1.29 is 9.53 Å². The van der Waals surface area contributed by atoms with Crippen LogP contribution < -0.4 is 5.32 Å². The van der Waals surface area contributed by atoms with E-state index in [0.29, 0.717) is 12.6 Å². The van der Waals surface area contributed by atoms with E-state index in [1.807, 2.05) is 25.7 Å². The molecule has 0 saturated heterocycles. The summed E-state index contributed by atoms with van der Waals surface area (Å²) in [4.78, 5) is 14.0. The van der Waals surface area contributed by atoms with Gasteiger partial charge in [-0.2, -0.15) is 0 Å². The number of nitrogens with one attached hydrogen (secondary N) is 1. The largest absolute Gasteiger partial charge is 0.444 e. The molecule has 0 aliphatic heterocycles. The van der Waals surface area contributed by atoms with Crippen LogP contribution in [0, 0.1) is 0 Å². The Morgan fingerprint density at radius 3 is 2.29 bits per heavy atom. The van der Waals surface area contributed by atoms with Gasteiger partial charge in [0.25, 0.3) is 0 Å². The fourth-order valence-corrected chi connectivity index (χ4v) is 2.20. The second-order valence-electron chi connectivity index (χ2n) is 6.67. The molecule has 1 N–H and O–H groups in total. The van der Waals surface area contributed by atoms with Crippen molar-refractivity contribution in [3.63, 3.8) is 0 Å². The average Bonchev–Trinajstić information content (AvgIpc) is 2.39. The minimum absolute atomic E-state index is 0.201. The summed E-state index contributed by atoms with van der Waals surface area (Å²) < 4.78 is 5.46. The van der Waals surface area contributed by atoms with Gasteiger partial charge in [0.1, 0.15) is 5.60 Å². The Balaban J connectivity index is 4.22. The molecule has 0 aromatic rings. The van der Waals surface area contributed by atoms with Crippen LogP contribution in [0.3, 0.4) is 0 Å². The molecule has 1 amide bonds. The van der Waals surface area contributed by atoms with Crippen LogP contribution in [0.4, 0.5) is 4.79 Å². The van der Waals surface area contributed by atoms with Crippen molar-refractivity contribution in [2.45, 2.75) is 85.3 Å².